The molecule has 1 saturated heterocycles. The van der Waals surface area contributed by atoms with Gasteiger partial charge in [0.2, 0.25) is 5.91 Å². The first-order valence-corrected chi connectivity index (χ1v) is 9.99. The summed E-state index contributed by atoms with van der Waals surface area (Å²) in [5.74, 6) is 0.0762. The summed E-state index contributed by atoms with van der Waals surface area (Å²) in [6, 6.07) is 13.5. The molecule has 0 N–H and O–H groups in total. The van der Waals surface area contributed by atoms with Crippen LogP contribution >= 0.6 is 0 Å². The van der Waals surface area contributed by atoms with Gasteiger partial charge in [-0.15, -0.1) is 0 Å². The van der Waals surface area contributed by atoms with Gasteiger partial charge in [0.15, 0.2) is 0 Å². The van der Waals surface area contributed by atoms with Gasteiger partial charge in [-0.25, -0.2) is 4.39 Å². The zero-order valence-corrected chi connectivity index (χ0v) is 16.6. The van der Waals surface area contributed by atoms with E-state index in [1.54, 1.807) is 13.0 Å². The molecule has 1 aromatic carbocycles. The Hall–Kier alpha value is -2.86. The largest absolute Gasteiger partial charge is 0.341 e. The predicted octanol–water partition coefficient (Wildman–Crippen LogP) is 3.29. The highest BCUT2D eigenvalue weighted by molar-refractivity contribution is 5.78. The van der Waals surface area contributed by atoms with E-state index in [1.165, 1.54) is 17.8 Å². The Morgan fingerprint density at radius 3 is 2.76 bits per heavy atom. The summed E-state index contributed by atoms with van der Waals surface area (Å²) < 4.78 is 13.2. The number of amides is 1. The van der Waals surface area contributed by atoms with Crippen molar-refractivity contribution >= 4 is 16.8 Å². The topological polar surface area (TPSA) is 49.3 Å². The van der Waals surface area contributed by atoms with E-state index in [0.717, 1.165) is 42.7 Å². The minimum Gasteiger partial charge on any atom is -0.341 e. The van der Waals surface area contributed by atoms with Crippen LogP contribution in [0.15, 0.2) is 54.9 Å². The quantitative estimate of drug-likeness (QED) is 0.684. The van der Waals surface area contributed by atoms with Gasteiger partial charge in [0.1, 0.15) is 5.82 Å². The molecule has 150 valence electrons. The molecule has 0 spiro atoms. The fourth-order valence-corrected chi connectivity index (χ4v) is 4.03. The zero-order chi connectivity index (χ0) is 20.2. The zero-order valence-electron chi connectivity index (χ0n) is 16.6. The lowest BCUT2D eigenvalue weighted by atomic mass is 9.98. The lowest BCUT2D eigenvalue weighted by Crippen LogP contribution is -2.34. The number of fused-ring (bicyclic) bond motifs is 1. The Morgan fingerprint density at radius 2 is 1.97 bits per heavy atom. The Morgan fingerprint density at radius 1 is 1.10 bits per heavy atom. The van der Waals surface area contributed by atoms with Gasteiger partial charge in [-0.1, -0.05) is 18.2 Å². The van der Waals surface area contributed by atoms with E-state index in [2.05, 4.69) is 27.0 Å². The lowest BCUT2D eigenvalue weighted by molar-refractivity contribution is -0.129. The number of hydrogen-bond acceptors (Lipinski definition) is 4. The summed E-state index contributed by atoms with van der Waals surface area (Å²) in [7, 11) is 0. The smallest absolute Gasteiger partial charge is 0.219 e. The van der Waals surface area contributed by atoms with Crippen molar-refractivity contribution in [1.29, 1.82) is 0 Å². The van der Waals surface area contributed by atoms with Crippen LogP contribution in [0.3, 0.4) is 0 Å². The van der Waals surface area contributed by atoms with Crippen LogP contribution in [0.1, 0.15) is 18.2 Å². The van der Waals surface area contributed by atoms with E-state index in [0.29, 0.717) is 19.0 Å². The highest BCUT2D eigenvalue weighted by atomic mass is 19.1. The molecular weight excluding hydrogens is 367 g/mol. The highest BCUT2D eigenvalue weighted by Gasteiger charge is 2.25. The van der Waals surface area contributed by atoms with Crippen LogP contribution in [0.4, 0.5) is 4.39 Å². The molecule has 0 bridgehead atoms. The molecule has 0 saturated carbocycles. The van der Waals surface area contributed by atoms with Crippen molar-refractivity contribution in [1.82, 2.24) is 19.8 Å². The van der Waals surface area contributed by atoms with Crippen LogP contribution in [-0.2, 0) is 17.8 Å². The maximum absolute atomic E-state index is 13.2. The van der Waals surface area contributed by atoms with E-state index in [4.69, 9.17) is 0 Å². The first kappa shape index (κ1) is 19.5. The highest BCUT2D eigenvalue weighted by Crippen LogP contribution is 2.20. The van der Waals surface area contributed by atoms with Crippen LogP contribution in [0, 0.1) is 11.7 Å². The first-order chi connectivity index (χ1) is 14.1. The number of para-hydroxylation sites is 1. The molecule has 4 rings (SSSR count). The van der Waals surface area contributed by atoms with Gasteiger partial charge < -0.3 is 4.90 Å². The molecule has 1 unspecified atom stereocenters. The number of aromatic nitrogens is 2. The van der Waals surface area contributed by atoms with E-state index >= 15 is 0 Å². The Labute approximate surface area is 170 Å². The fraction of sp³-hybridized carbons (Fsp3) is 0.348. The molecule has 3 heterocycles. The van der Waals surface area contributed by atoms with Crippen molar-refractivity contribution in [3.63, 3.8) is 0 Å². The van der Waals surface area contributed by atoms with Crippen LogP contribution < -0.4 is 0 Å². The molecule has 1 aliphatic rings. The molecule has 0 radical (unpaired) electrons. The van der Waals surface area contributed by atoms with Crippen LogP contribution in [0.2, 0.25) is 0 Å². The molecule has 1 fully saturated rings. The van der Waals surface area contributed by atoms with Crippen molar-refractivity contribution < 1.29 is 9.18 Å². The van der Waals surface area contributed by atoms with Crippen molar-refractivity contribution in [2.45, 2.75) is 19.9 Å². The van der Waals surface area contributed by atoms with Crippen molar-refractivity contribution in [2.75, 3.05) is 26.2 Å². The van der Waals surface area contributed by atoms with Gasteiger partial charge in [-0.05, 0) is 42.2 Å². The van der Waals surface area contributed by atoms with Crippen LogP contribution in [0.5, 0.6) is 0 Å². The molecule has 29 heavy (non-hydrogen) atoms. The number of benzene rings is 1. The fourth-order valence-electron chi connectivity index (χ4n) is 4.03. The van der Waals surface area contributed by atoms with E-state index in [9.17, 15) is 9.18 Å². The summed E-state index contributed by atoms with van der Waals surface area (Å²) in [6.07, 6.45) is 4.05. The summed E-state index contributed by atoms with van der Waals surface area (Å²) in [4.78, 5) is 25.1. The third-order valence-corrected chi connectivity index (χ3v) is 5.47. The molecule has 2 aromatic heterocycles. The standard InChI is InChI=1S/C23H25FN4O/c1-17(29)28-9-8-27(16-22-7-6-21(24)13-25-22)14-19(15-28)10-18-11-20-4-2-3-5-23(20)26-12-18/h2-7,11-13,19H,8-10,14-16H2,1H3. The van der Waals surface area contributed by atoms with Gasteiger partial charge >= 0.3 is 0 Å². The third-order valence-electron chi connectivity index (χ3n) is 5.47. The Balaban J connectivity index is 1.51. The van der Waals surface area contributed by atoms with E-state index in [1.807, 2.05) is 29.3 Å². The Bertz CT molecular complexity index is 992. The average Bonchev–Trinajstić information content (AvgIpc) is 2.92. The number of carbonyl (C=O) groups is 1. The monoisotopic (exact) mass is 392 g/mol. The molecule has 3 aromatic rings. The molecule has 1 aliphatic heterocycles. The molecule has 1 amide bonds. The second-order valence-electron chi connectivity index (χ2n) is 7.77. The maximum atomic E-state index is 13.2. The van der Waals surface area contributed by atoms with Crippen molar-refractivity contribution in [3.05, 3.63) is 71.9 Å². The normalized spacial score (nSPS) is 18.0. The van der Waals surface area contributed by atoms with Crippen molar-refractivity contribution in [3.8, 4) is 0 Å². The second-order valence-corrected chi connectivity index (χ2v) is 7.77. The molecule has 5 nitrogen and oxygen atoms in total. The van der Waals surface area contributed by atoms with Crippen LogP contribution in [-0.4, -0.2) is 51.9 Å². The molecule has 0 aliphatic carbocycles. The van der Waals surface area contributed by atoms with Crippen molar-refractivity contribution in [2.24, 2.45) is 5.92 Å². The van der Waals surface area contributed by atoms with Gasteiger partial charge in [-0.3, -0.25) is 19.7 Å². The molecule has 1 atom stereocenters. The first-order valence-electron chi connectivity index (χ1n) is 9.99. The van der Waals surface area contributed by atoms with Gasteiger partial charge in [-0.2, -0.15) is 0 Å². The van der Waals surface area contributed by atoms with Gasteiger partial charge in [0, 0.05) is 51.2 Å². The summed E-state index contributed by atoms with van der Waals surface area (Å²) >= 11 is 0. The minimum absolute atomic E-state index is 0.105. The maximum Gasteiger partial charge on any atom is 0.219 e. The summed E-state index contributed by atoms with van der Waals surface area (Å²) in [5, 5.41) is 1.13. The van der Waals surface area contributed by atoms with Gasteiger partial charge in [0.05, 0.1) is 17.4 Å². The second kappa shape index (κ2) is 8.66. The molecule has 6 heteroatoms. The average molecular weight is 392 g/mol. The number of carbonyl (C=O) groups excluding carboxylic acids is 1. The summed E-state index contributed by atoms with van der Waals surface area (Å²) in [5.41, 5.74) is 3.01. The van der Waals surface area contributed by atoms with E-state index < -0.39 is 0 Å². The number of pyridine rings is 2. The van der Waals surface area contributed by atoms with Gasteiger partial charge in [0.25, 0.3) is 0 Å². The van der Waals surface area contributed by atoms with Crippen LogP contribution in [0.25, 0.3) is 10.9 Å². The third kappa shape index (κ3) is 4.95. The SMILES string of the molecule is CC(=O)N1CCN(Cc2ccc(F)cn2)CC(Cc2cnc3ccccc3c2)C1. The number of hydrogen-bond donors (Lipinski definition) is 0. The Kier molecular flexibility index (Phi) is 5.81. The number of rotatable bonds is 4. The number of nitrogens with zero attached hydrogens (tertiary/aromatic N) is 4. The molecular formula is C23H25FN4O. The predicted molar refractivity (Wildman–Crippen MR) is 111 cm³/mol. The number of halogens is 1. The minimum atomic E-state index is -0.325. The van der Waals surface area contributed by atoms with E-state index in [-0.39, 0.29) is 11.7 Å². The lowest BCUT2D eigenvalue weighted by Gasteiger charge is -2.24. The summed E-state index contributed by atoms with van der Waals surface area (Å²) in [6.45, 7) is 5.35.